The summed E-state index contributed by atoms with van der Waals surface area (Å²) < 4.78 is 0.966. The summed E-state index contributed by atoms with van der Waals surface area (Å²) in [7, 11) is 0. The van der Waals surface area contributed by atoms with Gasteiger partial charge in [-0.2, -0.15) is 0 Å². The highest BCUT2D eigenvalue weighted by Gasteiger charge is 2.20. The van der Waals surface area contributed by atoms with Crippen LogP contribution in [0.25, 0.3) is 10.2 Å². The Balaban J connectivity index is 1.56. The molecule has 2 aromatic rings. The van der Waals surface area contributed by atoms with E-state index in [0.717, 1.165) is 23.2 Å². The highest BCUT2D eigenvalue weighted by molar-refractivity contribution is 7.22. The molecule has 1 aliphatic rings. The average molecular weight is 306 g/mol. The molecule has 0 bridgehead atoms. The molecule has 7 heteroatoms. The first kappa shape index (κ1) is 14.2. The van der Waals surface area contributed by atoms with Crippen LogP contribution in [-0.2, 0) is 4.79 Å². The molecular weight excluding hydrogens is 288 g/mol. The van der Waals surface area contributed by atoms with Gasteiger partial charge < -0.3 is 21.1 Å². The molecule has 0 radical (unpaired) electrons. The number of aliphatic hydroxyl groups is 1. The fraction of sp³-hybridized carbons (Fsp3) is 0.429. The summed E-state index contributed by atoms with van der Waals surface area (Å²) in [6, 6.07) is 5.50. The van der Waals surface area contributed by atoms with Crippen LogP contribution in [0.2, 0.25) is 0 Å². The number of carbonyl (C=O) groups excluding carboxylic acids is 1. The van der Waals surface area contributed by atoms with Gasteiger partial charge in [-0.3, -0.25) is 4.79 Å². The van der Waals surface area contributed by atoms with Gasteiger partial charge in [0.1, 0.15) is 0 Å². The van der Waals surface area contributed by atoms with Crippen LogP contribution in [0.1, 0.15) is 12.8 Å². The minimum atomic E-state index is -0.247. The lowest BCUT2D eigenvalue weighted by molar-refractivity contribution is -0.116. The Labute approximate surface area is 126 Å². The number of rotatable bonds is 4. The maximum Gasteiger partial charge on any atom is 0.227 e. The second-order valence-electron chi connectivity index (χ2n) is 5.29. The lowest BCUT2D eigenvalue weighted by Crippen LogP contribution is -2.26. The third-order valence-electron chi connectivity index (χ3n) is 3.56. The van der Waals surface area contributed by atoms with E-state index in [1.54, 1.807) is 6.07 Å². The zero-order chi connectivity index (χ0) is 14.8. The van der Waals surface area contributed by atoms with Gasteiger partial charge in [-0.25, -0.2) is 4.98 Å². The Hall–Kier alpha value is -1.70. The number of fused-ring (bicyclic) bond motifs is 1. The van der Waals surface area contributed by atoms with Crippen LogP contribution < -0.4 is 11.1 Å². The van der Waals surface area contributed by atoms with Crippen molar-refractivity contribution in [3.63, 3.8) is 0 Å². The number of hydrogen-bond acceptors (Lipinski definition) is 6. The third-order valence-corrected chi connectivity index (χ3v) is 4.50. The van der Waals surface area contributed by atoms with Gasteiger partial charge in [0.2, 0.25) is 5.91 Å². The van der Waals surface area contributed by atoms with Crippen LogP contribution in [0, 0.1) is 0 Å². The fourth-order valence-electron chi connectivity index (χ4n) is 2.45. The molecule has 0 aliphatic carbocycles. The Morgan fingerprint density at radius 1 is 1.57 bits per heavy atom. The van der Waals surface area contributed by atoms with E-state index < -0.39 is 0 Å². The van der Waals surface area contributed by atoms with E-state index in [-0.39, 0.29) is 12.0 Å². The molecule has 2 heterocycles. The Morgan fingerprint density at radius 2 is 2.43 bits per heavy atom. The van der Waals surface area contributed by atoms with Crippen molar-refractivity contribution in [2.45, 2.75) is 18.9 Å². The summed E-state index contributed by atoms with van der Waals surface area (Å²) in [5.74, 6) is -0.0524. The maximum absolute atomic E-state index is 11.9. The average Bonchev–Trinajstić information content (AvgIpc) is 3.01. The first-order valence-corrected chi connectivity index (χ1v) is 7.78. The Morgan fingerprint density at radius 3 is 3.19 bits per heavy atom. The van der Waals surface area contributed by atoms with Gasteiger partial charge in [0.25, 0.3) is 0 Å². The van der Waals surface area contributed by atoms with Crippen LogP contribution >= 0.6 is 11.3 Å². The van der Waals surface area contributed by atoms with Gasteiger partial charge in [-0.05, 0) is 24.6 Å². The molecule has 112 valence electrons. The number of benzene rings is 1. The van der Waals surface area contributed by atoms with Gasteiger partial charge in [0, 0.05) is 31.7 Å². The van der Waals surface area contributed by atoms with Gasteiger partial charge in [-0.15, -0.1) is 0 Å². The number of nitrogens with zero attached hydrogens (tertiary/aromatic N) is 2. The molecule has 1 amide bonds. The van der Waals surface area contributed by atoms with Crippen LogP contribution in [-0.4, -0.2) is 46.6 Å². The molecule has 6 nitrogen and oxygen atoms in total. The number of hydrogen-bond donors (Lipinski definition) is 3. The number of nitrogens with two attached hydrogens (primary N) is 1. The molecule has 3 rings (SSSR count). The molecule has 0 saturated carbocycles. The minimum Gasteiger partial charge on any atom is -0.399 e. The molecule has 1 atom stereocenters. The van der Waals surface area contributed by atoms with Crippen molar-refractivity contribution < 1.29 is 9.90 Å². The monoisotopic (exact) mass is 306 g/mol. The molecule has 1 aliphatic heterocycles. The summed E-state index contributed by atoms with van der Waals surface area (Å²) in [6.45, 7) is 2.18. The van der Waals surface area contributed by atoms with Crippen LogP contribution in [0.15, 0.2) is 18.2 Å². The first-order valence-electron chi connectivity index (χ1n) is 6.96. The largest absolute Gasteiger partial charge is 0.399 e. The Bertz CT molecular complexity index is 657. The summed E-state index contributed by atoms with van der Waals surface area (Å²) in [5.41, 5.74) is 7.26. The first-order chi connectivity index (χ1) is 10.1. The predicted octanol–water partition coefficient (Wildman–Crippen LogP) is 1.27. The number of thiazole rings is 1. The molecule has 1 fully saturated rings. The summed E-state index contributed by atoms with van der Waals surface area (Å²) in [6.07, 6.45) is 0.953. The predicted molar refractivity (Wildman–Crippen MR) is 84.3 cm³/mol. The standard InChI is InChI=1S/C14H18N4O2S/c15-9-1-2-11-12(7-9)21-14(16-11)17-13(20)4-6-18-5-3-10(19)8-18/h1-2,7,10,19H,3-6,8,15H2,(H,16,17,20). The summed E-state index contributed by atoms with van der Waals surface area (Å²) in [5, 5.41) is 12.9. The van der Waals surface area contributed by atoms with Crippen molar-refractivity contribution in [3.05, 3.63) is 18.2 Å². The molecule has 4 N–H and O–H groups in total. The van der Waals surface area contributed by atoms with Crippen LogP contribution in [0.4, 0.5) is 10.8 Å². The molecule has 0 spiro atoms. The van der Waals surface area contributed by atoms with E-state index in [0.29, 0.717) is 30.3 Å². The summed E-state index contributed by atoms with van der Waals surface area (Å²) in [4.78, 5) is 18.4. The lowest BCUT2D eigenvalue weighted by atomic mass is 10.3. The van der Waals surface area contributed by atoms with E-state index in [1.807, 2.05) is 12.1 Å². The zero-order valence-electron chi connectivity index (χ0n) is 11.6. The normalized spacial score (nSPS) is 19.2. The van der Waals surface area contributed by atoms with Gasteiger partial charge in [-0.1, -0.05) is 11.3 Å². The van der Waals surface area contributed by atoms with Crippen LogP contribution in [0.3, 0.4) is 0 Å². The van der Waals surface area contributed by atoms with Crippen molar-refractivity contribution in [2.24, 2.45) is 0 Å². The zero-order valence-corrected chi connectivity index (χ0v) is 12.4. The highest BCUT2D eigenvalue weighted by Crippen LogP contribution is 2.27. The SMILES string of the molecule is Nc1ccc2nc(NC(=O)CCN3CCC(O)C3)sc2c1. The van der Waals surface area contributed by atoms with Crippen molar-refractivity contribution >= 4 is 38.3 Å². The third kappa shape index (κ3) is 3.49. The quantitative estimate of drug-likeness (QED) is 0.740. The molecular formula is C14H18N4O2S. The van der Waals surface area contributed by atoms with Gasteiger partial charge >= 0.3 is 0 Å². The highest BCUT2D eigenvalue weighted by atomic mass is 32.1. The van der Waals surface area contributed by atoms with E-state index >= 15 is 0 Å². The molecule has 21 heavy (non-hydrogen) atoms. The number of aromatic nitrogens is 1. The van der Waals surface area contributed by atoms with E-state index in [1.165, 1.54) is 11.3 Å². The molecule has 1 saturated heterocycles. The maximum atomic E-state index is 11.9. The van der Waals surface area contributed by atoms with Crippen molar-refractivity contribution in [2.75, 3.05) is 30.7 Å². The van der Waals surface area contributed by atoms with Gasteiger partial charge in [0.05, 0.1) is 16.3 Å². The van der Waals surface area contributed by atoms with Crippen LogP contribution in [0.5, 0.6) is 0 Å². The van der Waals surface area contributed by atoms with Crippen molar-refractivity contribution in [1.29, 1.82) is 0 Å². The number of amides is 1. The number of anilines is 2. The number of carbonyl (C=O) groups is 1. The van der Waals surface area contributed by atoms with Crippen molar-refractivity contribution in [1.82, 2.24) is 9.88 Å². The fourth-order valence-corrected chi connectivity index (χ4v) is 3.38. The smallest absolute Gasteiger partial charge is 0.227 e. The van der Waals surface area contributed by atoms with Crippen molar-refractivity contribution in [3.8, 4) is 0 Å². The second-order valence-corrected chi connectivity index (χ2v) is 6.32. The van der Waals surface area contributed by atoms with E-state index in [4.69, 9.17) is 5.73 Å². The minimum absolute atomic E-state index is 0.0524. The molecule has 1 aromatic carbocycles. The lowest BCUT2D eigenvalue weighted by Gasteiger charge is -2.13. The number of aliphatic hydroxyl groups excluding tert-OH is 1. The number of nitrogen functional groups attached to an aromatic ring is 1. The van der Waals surface area contributed by atoms with E-state index in [2.05, 4.69) is 15.2 Å². The number of nitrogens with one attached hydrogen (secondary N) is 1. The summed E-state index contributed by atoms with van der Waals surface area (Å²) >= 11 is 1.42. The molecule has 1 aromatic heterocycles. The number of likely N-dealkylation sites (tertiary alicyclic amines) is 1. The molecule has 1 unspecified atom stereocenters. The second kappa shape index (κ2) is 5.97. The van der Waals surface area contributed by atoms with E-state index in [9.17, 15) is 9.90 Å². The topological polar surface area (TPSA) is 91.5 Å². The van der Waals surface area contributed by atoms with Gasteiger partial charge in [0.15, 0.2) is 5.13 Å². The Kier molecular flexibility index (Phi) is 4.05. The number of β-amino-alcohol motifs (C(OH)–C–C–N with tert-alkyl or cyclic N) is 1.